The second-order valence-electron chi connectivity index (χ2n) is 4.53. The average Bonchev–Trinajstić information content (AvgIpc) is 2.96. The fraction of sp³-hybridized carbons (Fsp3) is 0. The van der Waals surface area contributed by atoms with Crippen molar-refractivity contribution in [2.24, 2.45) is 4.99 Å². The van der Waals surface area contributed by atoms with E-state index in [0.717, 1.165) is 26.4 Å². The van der Waals surface area contributed by atoms with Crippen molar-refractivity contribution in [3.8, 4) is 5.69 Å². The smallest absolute Gasteiger partial charge is 0.0763 e. The average molecular weight is 357 g/mol. The molecule has 0 radical (unpaired) electrons. The standard InChI is InChI=1S/C17H13BrN2S/c18-13-7-9-14(10-8-13)20-11-3-4-15(20)12-19-16-5-1-2-6-17(16)21/h1-12,21H. The lowest BCUT2D eigenvalue weighted by Crippen LogP contribution is -1.97. The van der Waals surface area contributed by atoms with E-state index in [1.165, 1.54) is 0 Å². The topological polar surface area (TPSA) is 17.3 Å². The lowest BCUT2D eigenvalue weighted by molar-refractivity contribution is 1.07. The molecule has 4 heteroatoms. The van der Waals surface area contributed by atoms with Crippen LogP contribution in [0.15, 0.2) is 81.2 Å². The van der Waals surface area contributed by atoms with Gasteiger partial charge in [0, 0.05) is 21.3 Å². The van der Waals surface area contributed by atoms with E-state index < -0.39 is 0 Å². The first kappa shape index (κ1) is 14.2. The molecule has 21 heavy (non-hydrogen) atoms. The first-order chi connectivity index (χ1) is 10.2. The maximum atomic E-state index is 4.52. The number of halogens is 1. The number of rotatable bonds is 3. The number of nitrogens with zero attached hydrogens (tertiary/aromatic N) is 2. The molecule has 0 atom stereocenters. The van der Waals surface area contributed by atoms with Gasteiger partial charge < -0.3 is 4.57 Å². The largest absolute Gasteiger partial charge is 0.316 e. The molecule has 3 aromatic rings. The van der Waals surface area contributed by atoms with Gasteiger partial charge in [-0.25, -0.2) is 0 Å². The quantitative estimate of drug-likeness (QED) is 0.485. The minimum Gasteiger partial charge on any atom is -0.316 e. The molecule has 0 bridgehead atoms. The van der Waals surface area contributed by atoms with Crippen molar-refractivity contribution >= 4 is 40.5 Å². The van der Waals surface area contributed by atoms with Crippen molar-refractivity contribution < 1.29 is 0 Å². The van der Waals surface area contributed by atoms with Crippen LogP contribution < -0.4 is 0 Å². The van der Waals surface area contributed by atoms with Gasteiger partial charge in [0.2, 0.25) is 0 Å². The Balaban J connectivity index is 1.93. The molecule has 0 saturated carbocycles. The van der Waals surface area contributed by atoms with Gasteiger partial charge in [-0.1, -0.05) is 28.1 Å². The highest BCUT2D eigenvalue weighted by Crippen LogP contribution is 2.22. The van der Waals surface area contributed by atoms with Crippen molar-refractivity contribution in [3.05, 3.63) is 77.0 Å². The molecule has 1 aromatic heterocycles. The molecule has 104 valence electrons. The van der Waals surface area contributed by atoms with Crippen LogP contribution in [0.4, 0.5) is 5.69 Å². The molecule has 2 nitrogen and oxygen atoms in total. The summed E-state index contributed by atoms with van der Waals surface area (Å²) >= 11 is 7.86. The van der Waals surface area contributed by atoms with Gasteiger partial charge in [-0.3, -0.25) is 4.99 Å². The zero-order valence-corrected chi connectivity index (χ0v) is 13.6. The number of aliphatic imine (C=N–C) groups is 1. The van der Waals surface area contributed by atoms with Gasteiger partial charge in [0.05, 0.1) is 17.6 Å². The Kier molecular flexibility index (Phi) is 4.27. The van der Waals surface area contributed by atoms with Gasteiger partial charge in [-0.05, 0) is 48.5 Å². The van der Waals surface area contributed by atoms with Crippen LogP contribution in [-0.4, -0.2) is 10.8 Å². The van der Waals surface area contributed by atoms with Gasteiger partial charge >= 0.3 is 0 Å². The molecule has 0 aliphatic carbocycles. The van der Waals surface area contributed by atoms with E-state index in [2.05, 4.69) is 50.3 Å². The SMILES string of the molecule is Sc1ccccc1N=Cc1cccn1-c1ccc(Br)cc1. The number of para-hydroxylation sites is 1. The van der Waals surface area contributed by atoms with Crippen LogP contribution in [0.25, 0.3) is 5.69 Å². The minimum absolute atomic E-state index is 0.865. The third-order valence-electron chi connectivity index (χ3n) is 3.10. The number of thiol groups is 1. The Bertz CT molecular complexity index is 775. The van der Waals surface area contributed by atoms with Crippen LogP contribution >= 0.6 is 28.6 Å². The predicted octanol–water partition coefficient (Wildman–Crippen LogP) is 5.28. The van der Waals surface area contributed by atoms with Crippen LogP contribution in [0.1, 0.15) is 5.69 Å². The summed E-state index contributed by atoms with van der Waals surface area (Å²) < 4.78 is 3.16. The minimum atomic E-state index is 0.865. The molecule has 0 amide bonds. The number of benzene rings is 2. The molecule has 0 fully saturated rings. The van der Waals surface area contributed by atoms with E-state index in [1.807, 2.05) is 60.9 Å². The van der Waals surface area contributed by atoms with E-state index >= 15 is 0 Å². The third kappa shape index (κ3) is 3.28. The van der Waals surface area contributed by atoms with Crippen molar-refractivity contribution in [1.82, 2.24) is 4.57 Å². The molecule has 0 aliphatic rings. The summed E-state index contributed by atoms with van der Waals surface area (Å²) in [6, 6.07) is 20.0. The monoisotopic (exact) mass is 356 g/mol. The van der Waals surface area contributed by atoms with Crippen molar-refractivity contribution in [2.75, 3.05) is 0 Å². The second kappa shape index (κ2) is 6.33. The van der Waals surface area contributed by atoms with Crippen LogP contribution in [-0.2, 0) is 0 Å². The van der Waals surface area contributed by atoms with Gasteiger partial charge in [0.25, 0.3) is 0 Å². The van der Waals surface area contributed by atoms with Gasteiger partial charge in [0.15, 0.2) is 0 Å². The Morgan fingerprint density at radius 2 is 1.71 bits per heavy atom. The normalized spacial score (nSPS) is 11.1. The lowest BCUT2D eigenvalue weighted by Gasteiger charge is -2.06. The maximum Gasteiger partial charge on any atom is 0.0763 e. The summed E-state index contributed by atoms with van der Waals surface area (Å²) in [6.45, 7) is 0. The molecule has 0 spiro atoms. The van der Waals surface area contributed by atoms with Crippen LogP contribution in [0.3, 0.4) is 0 Å². The Morgan fingerprint density at radius 3 is 2.48 bits per heavy atom. The molecular weight excluding hydrogens is 344 g/mol. The molecule has 1 heterocycles. The summed E-state index contributed by atoms with van der Waals surface area (Å²) in [6.07, 6.45) is 3.88. The van der Waals surface area contributed by atoms with E-state index in [1.54, 1.807) is 0 Å². The summed E-state index contributed by atoms with van der Waals surface area (Å²) in [7, 11) is 0. The number of hydrogen-bond acceptors (Lipinski definition) is 2. The first-order valence-corrected chi connectivity index (χ1v) is 7.73. The fourth-order valence-electron chi connectivity index (χ4n) is 2.05. The Hall–Kier alpha value is -1.78. The van der Waals surface area contributed by atoms with Crippen molar-refractivity contribution in [1.29, 1.82) is 0 Å². The third-order valence-corrected chi connectivity index (χ3v) is 4.01. The summed E-state index contributed by atoms with van der Waals surface area (Å²) in [5.74, 6) is 0. The fourth-order valence-corrected chi connectivity index (χ4v) is 2.53. The van der Waals surface area contributed by atoms with Crippen LogP contribution in [0, 0.1) is 0 Å². The Morgan fingerprint density at radius 1 is 0.952 bits per heavy atom. The molecular formula is C17H13BrN2S. The van der Waals surface area contributed by atoms with Crippen LogP contribution in [0.2, 0.25) is 0 Å². The molecule has 0 unspecified atom stereocenters. The predicted molar refractivity (Wildman–Crippen MR) is 94.4 cm³/mol. The first-order valence-electron chi connectivity index (χ1n) is 6.49. The van der Waals surface area contributed by atoms with Gasteiger partial charge in [-0.2, -0.15) is 0 Å². The van der Waals surface area contributed by atoms with Gasteiger partial charge in [-0.15, -0.1) is 12.6 Å². The summed E-state index contributed by atoms with van der Waals surface area (Å²) in [5, 5.41) is 0. The summed E-state index contributed by atoms with van der Waals surface area (Å²) in [4.78, 5) is 5.39. The van der Waals surface area contributed by atoms with Crippen LogP contribution in [0.5, 0.6) is 0 Å². The zero-order valence-electron chi connectivity index (χ0n) is 11.1. The van der Waals surface area contributed by atoms with E-state index in [0.29, 0.717) is 0 Å². The van der Waals surface area contributed by atoms with Crippen molar-refractivity contribution in [3.63, 3.8) is 0 Å². The zero-order chi connectivity index (χ0) is 14.7. The molecule has 0 N–H and O–H groups in total. The molecule has 3 rings (SSSR count). The van der Waals surface area contributed by atoms with E-state index in [9.17, 15) is 0 Å². The highest BCUT2D eigenvalue weighted by Gasteiger charge is 2.01. The van der Waals surface area contributed by atoms with Crippen molar-refractivity contribution in [2.45, 2.75) is 4.90 Å². The molecule has 0 saturated heterocycles. The Labute approximate surface area is 137 Å². The second-order valence-corrected chi connectivity index (χ2v) is 5.92. The van der Waals surface area contributed by atoms with E-state index in [-0.39, 0.29) is 0 Å². The summed E-state index contributed by atoms with van der Waals surface area (Å²) in [5.41, 5.74) is 2.99. The highest BCUT2D eigenvalue weighted by atomic mass is 79.9. The lowest BCUT2D eigenvalue weighted by atomic mass is 10.3. The number of aromatic nitrogens is 1. The van der Waals surface area contributed by atoms with Gasteiger partial charge in [0.1, 0.15) is 0 Å². The number of hydrogen-bond donors (Lipinski definition) is 1. The maximum absolute atomic E-state index is 4.52. The highest BCUT2D eigenvalue weighted by molar-refractivity contribution is 9.10. The molecule has 0 aliphatic heterocycles. The van der Waals surface area contributed by atoms with E-state index in [4.69, 9.17) is 0 Å². The molecule has 2 aromatic carbocycles.